The highest BCUT2D eigenvalue weighted by molar-refractivity contribution is 5.88. The summed E-state index contributed by atoms with van der Waals surface area (Å²) in [4.78, 5) is 18.4. The molecule has 0 unspecified atom stereocenters. The molecule has 0 bridgehead atoms. The van der Waals surface area contributed by atoms with Gasteiger partial charge in [-0.15, -0.1) is 0 Å². The summed E-state index contributed by atoms with van der Waals surface area (Å²) < 4.78 is 0. The molecule has 2 rings (SSSR count). The molecule has 1 aliphatic rings. The molecule has 1 aromatic rings. The lowest BCUT2D eigenvalue weighted by atomic mass is 10.1. The predicted molar refractivity (Wildman–Crippen MR) is 52.6 cm³/mol. The van der Waals surface area contributed by atoms with E-state index in [4.69, 9.17) is 5.26 Å². The average molecular weight is 204 g/mol. The molecule has 5 heteroatoms. The Morgan fingerprint density at radius 1 is 1.73 bits per heavy atom. The minimum atomic E-state index is -0.714. The number of nitrogens with one attached hydrogen (secondary N) is 2. The Balaban J connectivity index is 1.75. The predicted octanol–water partition coefficient (Wildman–Crippen LogP) is 0.372. The molecule has 1 aromatic heterocycles. The second-order valence-electron chi connectivity index (χ2n) is 3.78. The lowest BCUT2D eigenvalue weighted by Gasteiger charge is -2.06. The van der Waals surface area contributed by atoms with Crippen molar-refractivity contribution >= 4 is 5.91 Å². The summed E-state index contributed by atoms with van der Waals surface area (Å²) in [6.07, 6.45) is 5.43. The van der Waals surface area contributed by atoms with Gasteiger partial charge in [-0.2, -0.15) is 5.26 Å². The number of hydrogen-bond acceptors (Lipinski definition) is 3. The van der Waals surface area contributed by atoms with Crippen LogP contribution >= 0.6 is 0 Å². The van der Waals surface area contributed by atoms with Gasteiger partial charge in [0, 0.05) is 24.9 Å². The number of imidazole rings is 1. The lowest BCUT2D eigenvalue weighted by Crippen LogP contribution is -2.32. The number of rotatable bonds is 4. The number of carbonyl (C=O) groups excluding carboxylic acids is 1. The summed E-state index contributed by atoms with van der Waals surface area (Å²) in [5.41, 5.74) is 0.269. The molecule has 15 heavy (non-hydrogen) atoms. The summed E-state index contributed by atoms with van der Waals surface area (Å²) in [5, 5.41) is 11.5. The zero-order chi connectivity index (χ0) is 10.7. The van der Waals surface area contributed by atoms with Crippen LogP contribution in [0.4, 0.5) is 0 Å². The monoisotopic (exact) mass is 204 g/mol. The Bertz CT molecular complexity index is 386. The molecule has 1 saturated carbocycles. The van der Waals surface area contributed by atoms with Crippen LogP contribution in [0.2, 0.25) is 0 Å². The molecule has 1 aliphatic carbocycles. The smallest absolute Gasteiger partial charge is 0.240 e. The van der Waals surface area contributed by atoms with Crippen molar-refractivity contribution in [1.29, 1.82) is 5.26 Å². The van der Waals surface area contributed by atoms with Crippen LogP contribution in [0, 0.1) is 16.7 Å². The molecule has 0 aromatic carbocycles. The van der Waals surface area contributed by atoms with E-state index in [2.05, 4.69) is 21.4 Å². The number of nitriles is 1. The van der Waals surface area contributed by atoms with E-state index < -0.39 is 5.41 Å². The third-order valence-corrected chi connectivity index (χ3v) is 2.63. The highest BCUT2D eigenvalue weighted by Gasteiger charge is 2.50. The van der Waals surface area contributed by atoms with E-state index in [1.165, 1.54) is 0 Å². The van der Waals surface area contributed by atoms with Gasteiger partial charge in [0.05, 0.1) is 12.4 Å². The lowest BCUT2D eigenvalue weighted by molar-refractivity contribution is -0.124. The molecule has 0 aliphatic heterocycles. The fraction of sp³-hybridized carbons (Fsp3) is 0.500. The third-order valence-electron chi connectivity index (χ3n) is 2.63. The van der Waals surface area contributed by atoms with Crippen LogP contribution in [0.3, 0.4) is 0 Å². The van der Waals surface area contributed by atoms with E-state index >= 15 is 0 Å². The fourth-order valence-corrected chi connectivity index (χ4v) is 1.42. The molecular formula is C10H12N4O. The van der Waals surface area contributed by atoms with Gasteiger partial charge in [0.2, 0.25) is 5.91 Å². The molecule has 78 valence electrons. The third kappa shape index (κ3) is 1.99. The van der Waals surface area contributed by atoms with Crippen molar-refractivity contribution in [3.63, 3.8) is 0 Å². The van der Waals surface area contributed by atoms with Crippen molar-refractivity contribution in [3.8, 4) is 6.07 Å². The van der Waals surface area contributed by atoms with E-state index in [9.17, 15) is 4.79 Å². The summed E-state index contributed by atoms with van der Waals surface area (Å²) in [7, 11) is 0. The number of aromatic nitrogens is 2. The Hall–Kier alpha value is -1.83. The summed E-state index contributed by atoms with van der Waals surface area (Å²) >= 11 is 0. The molecule has 1 fully saturated rings. The number of amides is 1. The van der Waals surface area contributed by atoms with E-state index in [1.54, 1.807) is 12.5 Å². The topological polar surface area (TPSA) is 81.6 Å². The molecule has 0 saturated heterocycles. The summed E-state index contributed by atoms with van der Waals surface area (Å²) in [6.45, 7) is 0.546. The van der Waals surface area contributed by atoms with Gasteiger partial charge in [-0.25, -0.2) is 4.98 Å². The maximum Gasteiger partial charge on any atom is 0.240 e. The maximum atomic E-state index is 11.5. The maximum absolute atomic E-state index is 11.5. The van der Waals surface area contributed by atoms with Crippen LogP contribution < -0.4 is 5.32 Å². The number of H-pyrrole nitrogens is 1. The van der Waals surface area contributed by atoms with Crippen LogP contribution in [-0.4, -0.2) is 22.4 Å². The zero-order valence-corrected chi connectivity index (χ0v) is 8.29. The van der Waals surface area contributed by atoms with Gasteiger partial charge in [-0.05, 0) is 12.8 Å². The van der Waals surface area contributed by atoms with Crippen LogP contribution in [0.5, 0.6) is 0 Å². The van der Waals surface area contributed by atoms with Gasteiger partial charge < -0.3 is 10.3 Å². The Kier molecular flexibility index (Phi) is 2.42. The number of nitrogens with zero attached hydrogens (tertiary/aromatic N) is 2. The van der Waals surface area contributed by atoms with Crippen molar-refractivity contribution in [2.24, 2.45) is 5.41 Å². The Morgan fingerprint density at radius 2 is 2.53 bits per heavy atom. The zero-order valence-electron chi connectivity index (χ0n) is 8.29. The first kappa shape index (κ1) is 9.71. The van der Waals surface area contributed by atoms with Crippen LogP contribution in [0.25, 0.3) is 0 Å². The molecule has 0 atom stereocenters. The second kappa shape index (κ2) is 3.73. The van der Waals surface area contributed by atoms with Gasteiger partial charge in [0.15, 0.2) is 0 Å². The average Bonchev–Trinajstić information content (AvgIpc) is 2.90. The second-order valence-corrected chi connectivity index (χ2v) is 3.78. The number of aromatic amines is 1. The highest BCUT2D eigenvalue weighted by Crippen LogP contribution is 2.44. The quantitative estimate of drug-likeness (QED) is 0.743. The molecule has 5 nitrogen and oxygen atoms in total. The van der Waals surface area contributed by atoms with Crippen molar-refractivity contribution in [3.05, 3.63) is 18.2 Å². The Labute approximate surface area is 87.5 Å². The van der Waals surface area contributed by atoms with E-state index in [0.717, 1.165) is 5.69 Å². The Morgan fingerprint density at radius 3 is 3.07 bits per heavy atom. The standard InChI is InChI=1S/C10H12N4O/c11-6-10(2-3-10)9(15)13-4-1-8-5-12-7-14-8/h5,7H,1-4H2,(H,12,14)(H,13,15). The van der Waals surface area contributed by atoms with Gasteiger partial charge in [-0.3, -0.25) is 4.79 Å². The first-order valence-electron chi connectivity index (χ1n) is 4.94. The molecule has 1 heterocycles. The van der Waals surface area contributed by atoms with Crippen molar-refractivity contribution in [2.45, 2.75) is 19.3 Å². The fourth-order valence-electron chi connectivity index (χ4n) is 1.42. The van der Waals surface area contributed by atoms with Crippen LogP contribution in [0.15, 0.2) is 12.5 Å². The minimum Gasteiger partial charge on any atom is -0.354 e. The molecule has 0 spiro atoms. The van der Waals surface area contributed by atoms with Crippen molar-refractivity contribution < 1.29 is 4.79 Å². The van der Waals surface area contributed by atoms with E-state index in [0.29, 0.717) is 25.8 Å². The normalized spacial score (nSPS) is 16.7. The highest BCUT2D eigenvalue weighted by atomic mass is 16.2. The van der Waals surface area contributed by atoms with Crippen LogP contribution in [0.1, 0.15) is 18.5 Å². The molecular weight excluding hydrogens is 192 g/mol. The van der Waals surface area contributed by atoms with Gasteiger partial charge in [-0.1, -0.05) is 0 Å². The van der Waals surface area contributed by atoms with Crippen LogP contribution in [-0.2, 0) is 11.2 Å². The number of carbonyl (C=O) groups is 1. The molecule has 1 amide bonds. The van der Waals surface area contributed by atoms with Gasteiger partial charge >= 0.3 is 0 Å². The van der Waals surface area contributed by atoms with Crippen molar-refractivity contribution in [1.82, 2.24) is 15.3 Å². The first-order chi connectivity index (χ1) is 7.27. The minimum absolute atomic E-state index is 0.135. The summed E-state index contributed by atoms with van der Waals surface area (Å²) in [6, 6.07) is 2.06. The van der Waals surface area contributed by atoms with Gasteiger partial charge in [0.25, 0.3) is 0 Å². The molecule has 2 N–H and O–H groups in total. The summed E-state index contributed by atoms with van der Waals surface area (Å²) in [5.74, 6) is -0.135. The largest absolute Gasteiger partial charge is 0.354 e. The molecule has 0 radical (unpaired) electrons. The van der Waals surface area contributed by atoms with Gasteiger partial charge in [0.1, 0.15) is 5.41 Å². The van der Waals surface area contributed by atoms with Crippen molar-refractivity contribution in [2.75, 3.05) is 6.54 Å². The first-order valence-corrected chi connectivity index (χ1v) is 4.94. The number of hydrogen-bond donors (Lipinski definition) is 2. The SMILES string of the molecule is N#CC1(C(=O)NCCc2cnc[nH]2)CC1. The van der Waals surface area contributed by atoms with E-state index in [1.807, 2.05) is 0 Å². The van der Waals surface area contributed by atoms with E-state index in [-0.39, 0.29) is 5.91 Å².